The Morgan fingerprint density at radius 3 is 2.38 bits per heavy atom. The molecule has 3 heterocycles. The number of aromatic nitrogens is 3. The number of aromatic hydroxyl groups is 1. The molecule has 254 valence electrons. The number of nitrogens with zero attached hydrogens (tertiary/aromatic N) is 3. The molecule has 2 aromatic heterocycles. The summed E-state index contributed by atoms with van der Waals surface area (Å²) in [5, 5.41) is 18.9. The SMILES string of the molecule is CC(C)(C)OC(=O)NC(C)(C)C(=O)N[C@H](Cc1c[nH]c2ccccc12)C(=O)Nc1cn(C(C(=O)N2CCCC2)c2ccc(O)cc2)cn1. The van der Waals surface area contributed by atoms with Crippen LogP contribution in [0.2, 0.25) is 0 Å². The molecule has 13 heteroatoms. The molecule has 13 nitrogen and oxygen atoms in total. The van der Waals surface area contributed by atoms with E-state index in [-0.39, 0.29) is 23.9 Å². The van der Waals surface area contributed by atoms with Gasteiger partial charge in [-0.1, -0.05) is 30.3 Å². The number of benzene rings is 2. The number of H-pyrrole nitrogens is 1. The molecule has 1 unspecified atom stereocenters. The first kappa shape index (κ1) is 34.0. The van der Waals surface area contributed by atoms with Gasteiger partial charge in [-0.2, -0.15) is 0 Å². The van der Waals surface area contributed by atoms with E-state index in [9.17, 15) is 24.3 Å². The molecule has 4 aromatic rings. The lowest BCUT2D eigenvalue weighted by Gasteiger charge is -2.29. The maximum Gasteiger partial charge on any atom is 0.408 e. The van der Waals surface area contributed by atoms with Gasteiger partial charge in [-0.15, -0.1) is 0 Å². The molecule has 0 saturated carbocycles. The van der Waals surface area contributed by atoms with Crippen LogP contribution in [0.15, 0.2) is 67.3 Å². The van der Waals surface area contributed by atoms with Gasteiger partial charge in [0.05, 0.1) is 6.33 Å². The number of amides is 4. The summed E-state index contributed by atoms with van der Waals surface area (Å²) in [7, 11) is 0. The Labute approximate surface area is 279 Å². The van der Waals surface area contributed by atoms with Gasteiger partial charge in [0.15, 0.2) is 5.82 Å². The van der Waals surface area contributed by atoms with E-state index in [0.717, 1.165) is 29.3 Å². The van der Waals surface area contributed by atoms with Crippen LogP contribution >= 0.6 is 0 Å². The quantitative estimate of drug-likeness (QED) is 0.170. The lowest BCUT2D eigenvalue weighted by atomic mass is 10.0. The molecule has 2 atom stereocenters. The van der Waals surface area contributed by atoms with Crippen molar-refractivity contribution in [3.8, 4) is 5.75 Å². The summed E-state index contributed by atoms with van der Waals surface area (Å²) in [6.07, 6.45) is 6.05. The number of likely N-dealkylation sites (tertiary alicyclic amines) is 1. The number of phenols is 1. The first-order valence-corrected chi connectivity index (χ1v) is 16.0. The van der Waals surface area contributed by atoms with E-state index < -0.39 is 41.1 Å². The van der Waals surface area contributed by atoms with Gasteiger partial charge in [-0.05, 0) is 76.8 Å². The number of anilines is 1. The third kappa shape index (κ3) is 8.14. The van der Waals surface area contributed by atoms with E-state index in [0.29, 0.717) is 18.7 Å². The van der Waals surface area contributed by atoms with Gasteiger partial charge >= 0.3 is 6.09 Å². The number of carbonyl (C=O) groups excluding carboxylic acids is 4. The molecule has 0 bridgehead atoms. The summed E-state index contributed by atoms with van der Waals surface area (Å²) >= 11 is 0. The highest BCUT2D eigenvalue weighted by Crippen LogP contribution is 2.27. The normalized spacial score (nSPS) is 14.7. The molecular formula is C35H43N7O6. The molecule has 0 spiro atoms. The van der Waals surface area contributed by atoms with Crippen molar-refractivity contribution in [1.29, 1.82) is 0 Å². The molecule has 1 aliphatic heterocycles. The fourth-order valence-corrected chi connectivity index (χ4v) is 5.65. The minimum atomic E-state index is -1.42. The van der Waals surface area contributed by atoms with E-state index in [1.807, 2.05) is 24.3 Å². The zero-order valence-electron chi connectivity index (χ0n) is 27.9. The Hall–Kier alpha value is -5.33. The van der Waals surface area contributed by atoms with E-state index in [1.54, 1.807) is 54.8 Å². The number of hydrogen-bond acceptors (Lipinski definition) is 7. The lowest BCUT2D eigenvalue weighted by Crippen LogP contribution is -2.59. The molecule has 0 aliphatic carbocycles. The van der Waals surface area contributed by atoms with Crippen molar-refractivity contribution in [2.45, 2.75) is 77.1 Å². The second-order valence-electron chi connectivity index (χ2n) is 13.6. The van der Waals surface area contributed by atoms with Crippen molar-refractivity contribution in [3.05, 3.63) is 78.4 Å². The number of hydrogen-bond donors (Lipinski definition) is 5. The highest BCUT2D eigenvalue weighted by molar-refractivity contribution is 5.99. The van der Waals surface area contributed by atoms with Gasteiger partial charge in [-0.3, -0.25) is 14.4 Å². The zero-order valence-corrected chi connectivity index (χ0v) is 27.9. The minimum Gasteiger partial charge on any atom is -0.508 e. The second-order valence-corrected chi connectivity index (χ2v) is 13.6. The molecule has 4 amide bonds. The third-order valence-electron chi connectivity index (χ3n) is 8.11. The number of nitrogens with one attached hydrogen (secondary N) is 4. The summed E-state index contributed by atoms with van der Waals surface area (Å²) in [6.45, 7) is 9.51. The highest BCUT2D eigenvalue weighted by Gasteiger charge is 2.35. The van der Waals surface area contributed by atoms with Gasteiger partial charge in [0.2, 0.25) is 17.7 Å². The molecule has 1 saturated heterocycles. The Bertz CT molecular complexity index is 1780. The molecule has 5 rings (SSSR count). The van der Waals surface area contributed by atoms with Crippen molar-refractivity contribution in [2.24, 2.45) is 0 Å². The first-order chi connectivity index (χ1) is 22.7. The molecule has 1 fully saturated rings. The fourth-order valence-electron chi connectivity index (χ4n) is 5.65. The minimum absolute atomic E-state index is 0.0810. The first-order valence-electron chi connectivity index (χ1n) is 16.0. The van der Waals surface area contributed by atoms with Gasteiger partial charge in [0.25, 0.3) is 0 Å². The van der Waals surface area contributed by atoms with Crippen molar-refractivity contribution in [2.75, 3.05) is 18.4 Å². The number of phenolic OH excluding ortho intramolecular Hbond substituents is 1. The summed E-state index contributed by atoms with van der Waals surface area (Å²) in [5.41, 5.74) is 0.155. The zero-order chi connectivity index (χ0) is 34.6. The van der Waals surface area contributed by atoms with E-state index >= 15 is 0 Å². The van der Waals surface area contributed by atoms with Crippen LogP contribution in [0.25, 0.3) is 10.9 Å². The number of para-hydroxylation sites is 1. The molecule has 1 aliphatic rings. The average molecular weight is 658 g/mol. The monoisotopic (exact) mass is 657 g/mol. The molecule has 2 aromatic carbocycles. The van der Waals surface area contributed by atoms with Crippen LogP contribution in [-0.4, -0.2) is 78.6 Å². The van der Waals surface area contributed by atoms with Crippen LogP contribution in [0.1, 0.15) is 64.6 Å². The largest absolute Gasteiger partial charge is 0.508 e. The predicted octanol–water partition coefficient (Wildman–Crippen LogP) is 4.25. The Balaban J connectivity index is 1.38. The van der Waals surface area contributed by atoms with E-state index in [2.05, 4.69) is 25.9 Å². The van der Waals surface area contributed by atoms with E-state index in [4.69, 9.17) is 4.74 Å². The Morgan fingerprint density at radius 2 is 1.69 bits per heavy atom. The van der Waals surface area contributed by atoms with Crippen LogP contribution in [0, 0.1) is 0 Å². The summed E-state index contributed by atoms with van der Waals surface area (Å²) in [6, 6.07) is 12.2. The molecule has 5 N–H and O–H groups in total. The number of ether oxygens (including phenoxy) is 1. The van der Waals surface area contributed by atoms with Gasteiger partial charge in [-0.25, -0.2) is 9.78 Å². The summed E-state index contributed by atoms with van der Waals surface area (Å²) in [5.74, 6) is -0.987. The van der Waals surface area contributed by atoms with Gasteiger partial charge in [0.1, 0.15) is 29.0 Å². The van der Waals surface area contributed by atoms with Crippen LogP contribution in [0.5, 0.6) is 5.75 Å². The standard InChI is InChI=1S/C35H43N7O6/c1-34(2,3)48-33(47)40-35(4,5)32(46)38-27(18-23-19-36-26-11-7-6-10-25(23)26)30(44)39-28-20-42(21-37-28)29(22-12-14-24(43)15-13-22)31(45)41-16-8-9-17-41/h6-7,10-15,19-21,27,29,36,43H,8-9,16-18H2,1-5H3,(H,38,46)(H,39,44)(H,40,47)/t27-,29?/m1/s1. The van der Waals surface area contributed by atoms with Gasteiger partial charge < -0.3 is 40.2 Å². The highest BCUT2D eigenvalue weighted by atomic mass is 16.6. The van der Waals surface area contributed by atoms with Crippen molar-refractivity contribution >= 4 is 40.5 Å². The number of carbonyl (C=O) groups is 4. The van der Waals surface area contributed by atoms with Gasteiger partial charge in [0, 0.05) is 42.8 Å². The molecule has 0 radical (unpaired) electrons. The molecule has 48 heavy (non-hydrogen) atoms. The molecular weight excluding hydrogens is 614 g/mol. The fraction of sp³-hybridized carbons (Fsp3) is 0.400. The number of aromatic amines is 1. The lowest BCUT2D eigenvalue weighted by molar-refractivity contribution is -0.132. The Kier molecular flexibility index (Phi) is 9.78. The smallest absolute Gasteiger partial charge is 0.408 e. The van der Waals surface area contributed by atoms with Crippen LogP contribution in [0.4, 0.5) is 10.6 Å². The second kappa shape index (κ2) is 13.8. The summed E-state index contributed by atoms with van der Waals surface area (Å²) < 4.78 is 6.96. The van der Waals surface area contributed by atoms with Crippen molar-refractivity contribution in [3.63, 3.8) is 0 Å². The number of fused-ring (bicyclic) bond motifs is 1. The maximum atomic E-state index is 13.9. The predicted molar refractivity (Wildman–Crippen MR) is 180 cm³/mol. The third-order valence-corrected chi connectivity index (χ3v) is 8.11. The number of rotatable bonds is 10. The topological polar surface area (TPSA) is 171 Å². The van der Waals surface area contributed by atoms with E-state index in [1.165, 1.54) is 32.3 Å². The number of alkyl carbamates (subject to hydrolysis) is 1. The van der Waals surface area contributed by atoms with Crippen molar-refractivity contribution < 1.29 is 29.0 Å². The number of imidazole rings is 1. The Morgan fingerprint density at radius 1 is 1.00 bits per heavy atom. The van der Waals surface area contributed by atoms with Crippen LogP contribution < -0.4 is 16.0 Å². The average Bonchev–Trinajstić information content (AvgIpc) is 3.79. The maximum absolute atomic E-state index is 13.9. The summed E-state index contributed by atoms with van der Waals surface area (Å²) in [4.78, 5) is 63.0. The van der Waals surface area contributed by atoms with Crippen LogP contribution in [-0.2, 0) is 25.5 Å². The van der Waals surface area contributed by atoms with Crippen molar-refractivity contribution in [1.82, 2.24) is 30.1 Å². The van der Waals surface area contributed by atoms with Crippen LogP contribution in [0.3, 0.4) is 0 Å².